The van der Waals surface area contributed by atoms with Crippen molar-refractivity contribution in [3.8, 4) is 0 Å². The highest BCUT2D eigenvalue weighted by Gasteiger charge is 2.09. The van der Waals surface area contributed by atoms with Crippen LogP contribution < -0.4 is 4.72 Å². The number of amides is 1. The van der Waals surface area contributed by atoms with Crippen molar-refractivity contribution in [2.75, 3.05) is 0 Å². The minimum Gasteiger partial charge on any atom is -0.474 e. The molecule has 0 fully saturated rings. The standard InChI is InChI=1S/C9H9NO3S.ClH/c11-8(9(12)13)10-14-6-7-4-2-1-3-5-7;/h1-5H,6H2,(H,10,11)(H,12,13);1H. The molecule has 1 rings (SSSR count). The zero-order valence-corrected chi connectivity index (χ0v) is 9.31. The van der Waals surface area contributed by atoms with E-state index in [1.807, 2.05) is 30.3 Å². The number of benzene rings is 1. The monoisotopic (exact) mass is 247 g/mol. The first-order valence-electron chi connectivity index (χ1n) is 3.89. The van der Waals surface area contributed by atoms with Crippen LogP contribution in [0.15, 0.2) is 30.3 Å². The Hall–Kier alpha value is -1.20. The van der Waals surface area contributed by atoms with Gasteiger partial charge in [0.2, 0.25) is 0 Å². The summed E-state index contributed by atoms with van der Waals surface area (Å²) in [5.41, 5.74) is 1.03. The van der Waals surface area contributed by atoms with Crippen LogP contribution in [0.3, 0.4) is 0 Å². The number of carboxylic acids is 1. The Bertz CT molecular complexity index is 331. The van der Waals surface area contributed by atoms with E-state index in [4.69, 9.17) is 5.11 Å². The topological polar surface area (TPSA) is 66.4 Å². The van der Waals surface area contributed by atoms with Crippen LogP contribution in [-0.4, -0.2) is 17.0 Å². The fraction of sp³-hybridized carbons (Fsp3) is 0.111. The fourth-order valence-corrected chi connectivity index (χ4v) is 1.45. The maximum Gasteiger partial charge on any atom is 0.395 e. The molecule has 0 saturated carbocycles. The van der Waals surface area contributed by atoms with Crippen molar-refractivity contribution in [2.24, 2.45) is 0 Å². The molecule has 6 heteroatoms. The van der Waals surface area contributed by atoms with Gasteiger partial charge >= 0.3 is 11.9 Å². The van der Waals surface area contributed by atoms with E-state index in [2.05, 4.69) is 4.72 Å². The van der Waals surface area contributed by atoms with Gasteiger partial charge in [0.25, 0.3) is 0 Å². The lowest BCUT2D eigenvalue weighted by molar-refractivity contribution is -0.149. The average molecular weight is 248 g/mol. The van der Waals surface area contributed by atoms with Crippen LogP contribution in [0.25, 0.3) is 0 Å². The van der Waals surface area contributed by atoms with Crippen LogP contribution in [0.2, 0.25) is 0 Å². The lowest BCUT2D eigenvalue weighted by Gasteiger charge is -2.00. The first-order chi connectivity index (χ1) is 6.70. The largest absolute Gasteiger partial charge is 0.474 e. The summed E-state index contributed by atoms with van der Waals surface area (Å²) in [6.45, 7) is 0. The molecule has 0 saturated heterocycles. The predicted octanol–water partition coefficient (Wildman–Crippen LogP) is 1.46. The van der Waals surface area contributed by atoms with Crippen molar-refractivity contribution in [1.82, 2.24) is 4.72 Å². The Balaban J connectivity index is 0.00000196. The number of halogens is 1. The molecule has 0 aliphatic rings. The third-order valence-electron chi connectivity index (χ3n) is 1.44. The van der Waals surface area contributed by atoms with E-state index < -0.39 is 11.9 Å². The summed E-state index contributed by atoms with van der Waals surface area (Å²) in [7, 11) is 0. The summed E-state index contributed by atoms with van der Waals surface area (Å²) in [6.07, 6.45) is 0. The third kappa shape index (κ3) is 5.29. The molecular formula is C9H10ClNO3S. The molecule has 2 N–H and O–H groups in total. The van der Waals surface area contributed by atoms with Crippen molar-refractivity contribution in [3.63, 3.8) is 0 Å². The molecule has 0 aliphatic heterocycles. The molecule has 15 heavy (non-hydrogen) atoms. The maximum atomic E-state index is 10.6. The first kappa shape index (κ1) is 13.8. The third-order valence-corrected chi connectivity index (χ3v) is 2.25. The van der Waals surface area contributed by atoms with Crippen LogP contribution in [-0.2, 0) is 15.3 Å². The molecule has 0 spiro atoms. The van der Waals surface area contributed by atoms with Crippen LogP contribution in [0.5, 0.6) is 0 Å². The molecule has 82 valence electrons. The Labute approximate surface area is 97.6 Å². The zero-order valence-electron chi connectivity index (χ0n) is 7.67. The van der Waals surface area contributed by atoms with E-state index in [1.54, 1.807) is 0 Å². The summed E-state index contributed by atoms with van der Waals surface area (Å²) in [6, 6.07) is 9.47. The van der Waals surface area contributed by atoms with Crippen LogP contribution in [0.4, 0.5) is 0 Å². The zero-order chi connectivity index (χ0) is 10.4. The normalized spacial score (nSPS) is 8.80. The molecule has 0 aliphatic carbocycles. The predicted molar refractivity (Wildman–Crippen MR) is 60.8 cm³/mol. The van der Waals surface area contributed by atoms with Crippen molar-refractivity contribution in [1.29, 1.82) is 0 Å². The second-order valence-corrected chi connectivity index (χ2v) is 3.29. The Morgan fingerprint density at radius 3 is 2.40 bits per heavy atom. The van der Waals surface area contributed by atoms with Gasteiger partial charge in [-0.25, -0.2) is 4.79 Å². The van der Waals surface area contributed by atoms with Crippen LogP contribution in [0, 0.1) is 0 Å². The molecule has 0 radical (unpaired) electrons. The highest BCUT2D eigenvalue weighted by molar-refractivity contribution is 7.97. The number of aliphatic carboxylic acids is 1. The Morgan fingerprint density at radius 1 is 1.27 bits per heavy atom. The van der Waals surface area contributed by atoms with Gasteiger partial charge in [0, 0.05) is 5.75 Å². The van der Waals surface area contributed by atoms with Crippen LogP contribution in [0.1, 0.15) is 5.56 Å². The number of nitrogens with one attached hydrogen (secondary N) is 1. The SMILES string of the molecule is Cl.O=C(O)C(=O)NSCc1ccccc1. The number of rotatable bonds is 3. The van der Waals surface area contributed by atoms with Gasteiger partial charge in [-0.1, -0.05) is 30.3 Å². The summed E-state index contributed by atoms with van der Waals surface area (Å²) in [4.78, 5) is 20.7. The van der Waals surface area contributed by atoms with Crippen molar-refractivity contribution < 1.29 is 14.7 Å². The number of carbonyl (C=O) groups is 2. The van der Waals surface area contributed by atoms with Gasteiger partial charge in [0.1, 0.15) is 0 Å². The lowest BCUT2D eigenvalue weighted by Crippen LogP contribution is -2.25. The van der Waals surface area contributed by atoms with Crippen molar-refractivity contribution >= 4 is 36.2 Å². The van der Waals surface area contributed by atoms with E-state index in [0.717, 1.165) is 17.5 Å². The van der Waals surface area contributed by atoms with Crippen LogP contribution >= 0.6 is 24.4 Å². The molecule has 0 unspecified atom stereocenters. The highest BCUT2D eigenvalue weighted by Crippen LogP contribution is 2.07. The lowest BCUT2D eigenvalue weighted by atomic mass is 10.2. The number of hydrogen-bond donors (Lipinski definition) is 2. The quantitative estimate of drug-likeness (QED) is 0.627. The molecule has 0 aromatic heterocycles. The Morgan fingerprint density at radius 2 is 1.87 bits per heavy atom. The van der Waals surface area contributed by atoms with Gasteiger partial charge in [-0.2, -0.15) is 0 Å². The molecule has 1 amide bonds. The summed E-state index contributed by atoms with van der Waals surface area (Å²) < 4.78 is 2.21. The minimum atomic E-state index is -1.47. The number of carbonyl (C=O) groups excluding carboxylic acids is 1. The minimum absolute atomic E-state index is 0. The molecule has 0 heterocycles. The number of carboxylic acid groups (broad SMARTS) is 1. The summed E-state index contributed by atoms with van der Waals surface area (Å²) in [5, 5.41) is 8.25. The van der Waals surface area contributed by atoms with Gasteiger partial charge in [-0.3, -0.25) is 9.52 Å². The van der Waals surface area contributed by atoms with Crippen molar-refractivity contribution in [3.05, 3.63) is 35.9 Å². The summed E-state index contributed by atoms with van der Waals surface area (Å²) in [5.74, 6) is -1.91. The highest BCUT2D eigenvalue weighted by atomic mass is 35.5. The van der Waals surface area contributed by atoms with Crippen molar-refractivity contribution in [2.45, 2.75) is 5.75 Å². The molecule has 0 bridgehead atoms. The first-order valence-corrected chi connectivity index (χ1v) is 4.87. The van der Waals surface area contributed by atoms with Gasteiger partial charge in [-0.15, -0.1) is 12.4 Å². The Kier molecular flexibility index (Phi) is 6.57. The van der Waals surface area contributed by atoms with Gasteiger partial charge in [-0.05, 0) is 17.5 Å². The van der Waals surface area contributed by atoms with E-state index in [9.17, 15) is 9.59 Å². The maximum absolute atomic E-state index is 10.6. The second-order valence-electron chi connectivity index (χ2n) is 2.51. The molecule has 0 atom stereocenters. The molecule has 4 nitrogen and oxygen atoms in total. The summed E-state index contributed by atoms with van der Waals surface area (Å²) >= 11 is 1.06. The molecule has 1 aromatic carbocycles. The van der Waals surface area contributed by atoms with E-state index in [0.29, 0.717) is 5.75 Å². The van der Waals surface area contributed by atoms with E-state index >= 15 is 0 Å². The van der Waals surface area contributed by atoms with Gasteiger partial charge in [0.15, 0.2) is 0 Å². The second kappa shape index (κ2) is 7.14. The number of hydrogen-bond acceptors (Lipinski definition) is 3. The van der Waals surface area contributed by atoms with E-state index in [-0.39, 0.29) is 12.4 Å². The van der Waals surface area contributed by atoms with E-state index in [1.165, 1.54) is 0 Å². The molecule has 1 aromatic rings. The average Bonchev–Trinajstić information content (AvgIpc) is 2.19. The molecular weight excluding hydrogens is 238 g/mol. The van der Waals surface area contributed by atoms with Gasteiger partial charge < -0.3 is 5.11 Å². The fourth-order valence-electron chi connectivity index (χ4n) is 0.803. The smallest absolute Gasteiger partial charge is 0.395 e. The van der Waals surface area contributed by atoms with Gasteiger partial charge in [0.05, 0.1) is 0 Å².